The Kier molecular flexibility index (Phi) is 12.0. The molecule has 0 aliphatic carbocycles. The predicted octanol–water partition coefficient (Wildman–Crippen LogP) is -3.11. The number of benzene rings is 1. The SMILES string of the molecule is CC(O)C(N)C(=O)NC(CC(N)=O)C(=O)NC(CCCN=C(N)N)C(=O)NC(Cc1c[nH]c2ccccc12)C(=O)O. The lowest BCUT2D eigenvalue weighted by molar-refractivity contribution is -0.142. The molecular weight excluding hydrogens is 538 g/mol. The van der Waals surface area contributed by atoms with Gasteiger partial charge in [-0.05, 0) is 31.4 Å². The number of hydrogen-bond donors (Lipinski definition) is 10. The van der Waals surface area contributed by atoms with Crippen LogP contribution in [0.5, 0.6) is 0 Å². The first-order chi connectivity index (χ1) is 19.3. The van der Waals surface area contributed by atoms with Gasteiger partial charge in [0.2, 0.25) is 23.6 Å². The molecule has 0 saturated heterocycles. The lowest BCUT2D eigenvalue weighted by Gasteiger charge is -2.25. The number of carbonyl (C=O) groups excluding carboxylic acids is 4. The molecule has 2 aromatic rings. The lowest BCUT2D eigenvalue weighted by Crippen LogP contribution is -2.58. The molecule has 16 heteroatoms. The lowest BCUT2D eigenvalue weighted by atomic mass is 10.0. The van der Waals surface area contributed by atoms with Gasteiger partial charge >= 0.3 is 5.97 Å². The maximum absolute atomic E-state index is 13.3. The number of hydrogen-bond acceptors (Lipinski definition) is 8. The van der Waals surface area contributed by atoms with Crippen molar-refractivity contribution in [3.63, 3.8) is 0 Å². The zero-order valence-corrected chi connectivity index (χ0v) is 22.5. The number of aliphatic carboxylic acids is 1. The Morgan fingerprint density at radius 3 is 2.17 bits per heavy atom. The predicted molar refractivity (Wildman–Crippen MR) is 149 cm³/mol. The Balaban J connectivity index is 2.24. The number of amides is 4. The van der Waals surface area contributed by atoms with Gasteiger partial charge in [0, 0.05) is 30.1 Å². The summed E-state index contributed by atoms with van der Waals surface area (Å²) in [4.78, 5) is 69.2. The number of carboxylic acid groups (broad SMARTS) is 1. The normalized spacial score (nSPS) is 14.6. The third kappa shape index (κ3) is 10.1. The van der Waals surface area contributed by atoms with Crippen molar-refractivity contribution in [3.05, 3.63) is 36.0 Å². The van der Waals surface area contributed by atoms with Gasteiger partial charge in [-0.15, -0.1) is 0 Å². The Morgan fingerprint density at radius 1 is 0.951 bits per heavy atom. The number of primary amides is 1. The summed E-state index contributed by atoms with van der Waals surface area (Å²) >= 11 is 0. The van der Waals surface area contributed by atoms with Crippen LogP contribution in [0.25, 0.3) is 10.9 Å². The largest absolute Gasteiger partial charge is 0.480 e. The average Bonchev–Trinajstić information content (AvgIpc) is 3.31. The molecule has 4 amide bonds. The highest BCUT2D eigenvalue weighted by molar-refractivity contribution is 5.96. The number of aromatic amines is 1. The van der Waals surface area contributed by atoms with Gasteiger partial charge in [0.05, 0.1) is 12.5 Å². The first-order valence-corrected chi connectivity index (χ1v) is 12.8. The summed E-state index contributed by atoms with van der Waals surface area (Å²) in [7, 11) is 0. The smallest absolute Gasteiger partial charge is 0.326 e. The summed E-state index contributed by atoms with van der Waals surface area (Å²) in [5, 5.41) is 27.3. The first-order valence-electron chi connectivity index (χ1n) is 12.8. The number of aliphatic hydroxyl groups is 1. The number of guanidine groups is 1. The number of aromatic nitrogens is 1. The molecule has 1 aromatic heterocycles. The number of rotatable bonds is 16. The van der Waals surface area contributed by atoms with E-state index in [9.17, 15) is 34.2 Å². The maximum Gasteiger partial charge on any atom is 0.326 e. The molecule has 0 fully saturated rings. The Hall–Kier alpha value is -4.70. The molecule has 5 atom stereocenters. The number of nitrogens with one attached hydrogen (secondary N) is 4. The fraction of sp³-hybridized carbons (Fsp3) is 0.440. The molecule has 16 nitrogen and oxygen atoms in total. The number of H-pyrrole nitrogens is 1. The van der Waals surface area contributed by atoms with E-state index in [1.54, 1.807) is 12.3 Å². The number of nitrogens with two attached hydrogens (primary N) is 4. The van der Waals surface area contributed by atoms with Crippen molar-refractivity contribution in [2.45, 2.75) is 62.9 Å². The van der Waals surface area contributed by atoms with Gasteiger partial charge in [-0.2, -0.15) is 0 Å². The van der Waals surface area contributed by atoms with Gasteiger partial charge in [0.15, 0.2) is 5.96 Å². The van der Waals surface area contributed by atoms with Crippen molar-refractivity contribution < 1.29 is 34.2 Å². The van der Waals surface area contributed by atoms with E-state index in [2.05, 4.69) is 25.9 Å². The van der Waals surface area contributed by atoms with Crippen LogP contribution in [0.15, 0.2) is 35.5 Å². The van der Waals surface area contributed by atoms with E-state index >= 15 is 0 Å². The van der Waals surface area contributed by atoms with Crippen LogP contribution in [0.4, 0.5) is 0 Å². The van der Waals surface area contributed by atoms with E-state index < -0.39 is 66.3 Å². The van der Waals surface area contributed by atoms with Crippen LogP contribution in [-0.2, 0) is 30.4 Å². The summed E-state index contributed by atoms with van der Waals surface area (Å²) < 4.78 is 0. The minimum Gasteiger partial charge on any atom is -0.480 e. The highest BCUT2D eigenvalue weighted by Crippen LogP contribution is 2.19. The van der Waals surface area contributed by atoms with Crippen molar-refractivity contribution in [2.75, 3.05) is 6.54 Å². The summed E-state index contributed by atoms with van der Waals surface area (Å²) in [6.07, 6.45) is -0.126. The second kappa shape index (κ2) is 15.2. The molecular formula is C25H37N9O7. The van der Waals surface area contributed by atoms with E-state index in [0.717, 1.165) is 10.9 Å². The van der Waals surface area contributed by atoms with Gasteiger partial charge in [-0.25, -0.2) is 4.79 Å². The number of carbonyl (C=O) groups is 5. The van der Waals surface area contributed by atoms with Crippen LogP contribution >= 0.6 is 0 Å². The monoisotopic (exact) mass is 575 g/mol. The molecule has 1 aromatic carbocycles. The van der Waals surface area contributed by atoms with Gasteiger partial charge in [0.1, 0.15) is 24.2 Å². The van der Waals surface area contributed by atoms with Crippen LogP contribution in [0.2, 0.25) is 0 Å². The van der Waals surface area contributed by atoms with Crippen molar-refractivity contribution in [3.8, 4) is 0 Å². The molecule has 14 N–H and O–H groups in total. The molecule has 41 heavy (non-hydrogen) atoms. The van der Waals surface area contributed by atoms with Crippen LogP contribution < -0.4 is 38.9 Å². The minimum absolute atomic E-state index is 0.0296. The molecule has 1 heterocycles. The number of fused-ring (bicyclic) bond motifs is 1. The van der Waals surface area contributed by atoms with Crippen molar-refractivity contribution >= 4 is 46.5 Å². The van der Waals surface area contributed by atoms with E-state index in [4.69, 9.17) is 22.9 Å². The highest BCUT2D eigenvalue weighted by Gasteiger charge is 2.32. The van der Waals surface area contributed by atoms with Crippen LogP contribution in [0.1, 0.15) is 31.7 Å². The quantitative estimate of drug-likeness (QED) is 0.0545. The Morgan fingerprint density at radius 2 is 1.56 bits per heavy atom. The zero-order chi connectivity index (χ0) is 30.7. The average molecular weight is 576 g/mol. The van der Waals surface area contributed by atoms with Gasteiger partial charge < -0.3 is 54.1 Å². The zero-order valence-electron chi connectivity index (χ0n) is 22.5. The first kappa shape index (κ1) is 32.5. The number of aliphatic hydroxyl groups excluding tert-OH is 1. The fourth-order valence-electron chi connectivity index (χ4n) is 3.93. The standard InChI is InChI=1S/C25H37N9O7/c1-12(35)20(27)23(39)33-17(10-19(26)36)22(38)32-16(7-4-8-30-25(28)29)21(37)34-18(24(40)41)9-13-11-31-15-6-3-2-5-14(13)15/h2-3,5-6,11-12,16-18,20,31,35H,4,7-10,27H2,1H3,(H2,26,36)(H,32,38)(H,33,39)(H,34,37)(H,40,41)(H4,28,29,30). The summed E-state index contributed by atoms with van der Waals surface area (Å²) in [5.74, 6) is -5.14. The molecule has 0 radical (unpaired) electrons. The van der Waals surface area contributed by atoms with Crippen LogP contribution in [0.3, 0.4) is 0 Å². The number of carboxylic acids is 1. The molecule has 0 aliphatic rings. The van der Waals surface area contributed by atoms with E-state index in [-0.39, 0.29) is 31.8 Å². The molecule has 2 rings (SSSR count). The third-order valence-electron chi connectivity index (χ3n) is 6.15. The summed E-state index contributed by atoms with van der Waals surface area (Å²) in [6.45, 7) is 1.36. The molecule has 5 unspecified atom stereocenters. The van der Waals surface area contributed by atoms with E-state index in [1.165, 1.54) is 6.92 Å². The minimum atomic E-state index is -1.53. The molecule has 0 aliphatic heterocycles. The second-order valence-corrected chi connectivity index (χ2v) is 9.47. The van der Waals surface area contributed by atoms with Crippen LogP contribution in [0, 0.1) is 0 Å². The highest BCUT2D eigenvalue weighted by atomic mass is 16.4. The molecule has 0 saturated carbocycles. The maximum atomic E-state index is 13.3. The number of nitrogens with zero attached hydrogens (tertiary/aromatic N) is 1. The summed E-state index contributed by atoms with van der Waals surface area (Å²) in [5.41, 5.74) is 22.9. The third-order valence-corrected chi connectivity index (χ3v) is 6.15. The number of aliphatic imine (C=N–C) groups is 1. The van der Waals surface area contributed by atoms with Crippen molar-refractivity contribution in [1.29, 1.82) is 0 Å². The van der Waals surface area contributed by atoms with Crippen LogP contribution in [-0.4, -0.2) is 87.6 Å². The fourth-order valence-corrected chi connectivity index (χ4v) is 3.93. The van der Waals surface area contributed by atoms with Crippen molar-refractivity contribution in [1.82, 2.24) is 20.9 Å². The molecule has 224 valence electrons. The molecule has 0 spiro atoms. The van der Waals surface area contributed by atoms with Crippen molar-refractivity contribution in [2.24, 2.45) is 27.9 Å². The van der Waals surface area contributed by atoms with Gasteiger partial charge in [-0.3, -0.25) is 24.2 Å². The second-order valence-electron chi connectivity index (χ2n) is 9.47. The van der Waals surface area contributed by atoms with E-state index in [1.807, 2.05) is 18.2 Å². The Labute approximate surface area is 235 Å². The number of para-hydroxylation sites is 1. The van der Waals surface area contributed by atoms with E-state index in [0.29, 0.717) is 5.56 Å². The Bertz CT molecular complexity index is 1270. The summed E-state index contributed by atoms with van der Waals surface area (Å²) in [6, 6.07) is 1.66. The topological polar surface area (TPSA) is 294 Å². The molecule has 0 bridgehead atoms. The van der Waals surface area contributed by atoms with Gasteiger partial charge in [0.25, 0.3) is 0 Å². The van der Waals surface area contributed by atoms with Gasteiger partial charge in [-0.1, -0.05) is 18.2 Å².